The molecule has 1 rings (SSSR count). The fourth-order valence-electron chi connectivity index (χ4n) is 2.19. The lowest BCUT2D eigenvalue weighted by Gasteiger charge is -2.23. The molecule has 0 bridgehead atoms. The molecule has 1 aliphatic rings. The van der Waals surface area contributed by atoms with Crippen molar-refractivity contribution in [3.8, 4) is 0 Å². The SMILES string of the molecule is C=C(CC)[C@H](C)C(C)N1[C@H](C)[C@@H]1C. The van der Waals surface area contributed by atoms with Crippen LogP contribution in [0, 0.1) is 5.92 Å². The van der Waals surface area contributed by atoms with Gasteiger partial charge in [-0.3, -0.25) is 4.90 Å². The van der Waals surface area contributed by atoms with E-state index in [1.54, 1.807) is 0 Å². The summed E-state index contributed by atoms with van der Waals surface area (Å²) in [7, 11) is 0. The molecule has 1 saturated heterocycles. The van der Waals surface area contributed by atoms with Gasteiger partial charge in [0.1, 0.15) is 0 Å². The molecule has 0 aromatic rings. The minimum Gasteiger partial charge on any atom is -0.292 e. The van der Waals surface area contributed by atoms with Crippen LogP contribution in [-0.4, -0.2) is 23.0 Å². The van der Waals surface area contributed by atoms with E-state index < -0.39 is 0 Å². The molecule has 0 N–H and O–H groups in total. The fraction of sp³-hybridized carbons (Fsp3) is 0.833. The third kappa shape index (κ3) is 1.96. The zero-order chi connectivity index (χ0) is 10.2. The average molecular weight is 181 g/mol. The van der Waals surface area contributed by atoms with Gasteiger partial charge in [0.15, 0.2) is 0 Å². The van der Waals surface area contributed by atoms with Crippen molar-refractivity contribution in [3.05, 3.63) is 12.2 Å². The molecule has 0 aromatic heterocycles. The Morgan fingerprint density at radius 3 is 2.08 bits per heavy atom. The minimum atomic E-state index is 0.636. The third-order valence-corrected chi connectivity index (χ3v) is 3.84. The summed E-state index contributed by atoms with van der Waals surface area (Å²) in [5, 5.41) is 0. The van der Waals surface area contributed by atoms with Crippen molar-refractivity contribution in [2.24, 2.45) is 5.92 Å². The molecule has 1 nitrogen and oxygen atoms in total. The van der Waals surface area contributed by atoms with Crippen molar-refractivity contribution in [1.82, 2.24) is 4.90 Å². The Morgan fingerprint density at radius 1 is 1.31 bits per heavy atom. The molecular formula is C12H23N. The molecule has 5 atom stereocenters. The van der Waals surface area contributed by atoms with Gasteiger partial charge >= 0.3 is 0 Å². The number of hydrogen-bond acceptors (Lipinski definition) is 1. The van der Waals surface area contributed by atoms with E-state index in [1.165, 1.54) is 5.57 Å². The lowest BCUT2D eigenvalue weighted by molar-refractivity contribution is 0.312. The minimum absolute atomic E-state index is 0.636. The molecule has 0 spiro atoms. The summed E-state index contributed by atoms with van der Waals surface area (Å²) in [5.74, 6) is 0.636. The zero-order valence-corrected chi connectivity index (χ0v) is 9.67. The van der Waals surface area contributed by atoms with Crippen LogP contribution in [0.3, 0.4) is 0 Å². The lowest BCUT2D eigenvalue weighted by atomic mass is 9.93. The van der Waals surface area contributed by atoms with Crippen molar-refractivity contribution in [1.29, 1.82) is 0 Å². The van der Waals surface area contributed by atoms with Crippen LogP contribution in [0.25, 0.3) is 0 Å². The molecule has 0 aliphatic carbocycles. The Labute approximate surface area is 82.8 Å². The van der Waals surface area contributed by atoms with E-state index >= 15 is 0 Å². The van der Waals surface area contributed by atoms with E-state index in [1.807, 2.05) is 0 Å². The van der Waals surface area contributed by atoms with Crippen molar-refractivity contribution >= 4 is 0 Å². The Balaban J connectivity index is 2.48. The number of hydrogen-bond donors (Lipinski definition) is 0. The van der Waals surface area contributed by atoms with Crippen LogP contribution in [0.2, 0.25) is 0 Å². The lowest BCUT2D eigenvalue weighted by Crippen LogP contribution is -2.26. The first-order valence-corrected chi connectivity index (χ1v) is 5.45. The van der Waals surface area contributed by atoms with Gasteiger partial charge < -0.3 is 0 Å². The molecule has 0 radical (unpaired) electrons. The summed E-state index contributed by atoms with van der Waals surface area (Å²) >= 11 is 0. The van der Waals surface area contributed by atoms with Gasteiger partial charge in [-0.05, 0) is 33.1 Å². The Kier molecular flexibility index (Phi) is 3.18. The Hall–Kier alpha value is -0.300. The van der Waals surface area contributed by atoms with Gasteiger partial charge in [-0.15, -0.1) is 0 Å². The maximum absolute atomic E-state index is 4.13. The van der Waals surface area contributed by atoms with Crippen LogP contribution in [0.15, 0.2) is 12.2 Å². The standard InChI is InChI=1S/C12H23N/c1-7-8(2)9(3)10(4)13-11(5)12(13)6/h9-12H,2,7H2,1,3-6H3/t9-,10?,11-,12+,13?/m0/s1. The second-order valence-electron chi connectivity index (χ2n) is 4.47. The van der Waals surface area contributed by atoms with Crippen molar-refractivity contribution in [2.75, 3.05) is 0 Å². The van der Waals surface area contributed by atoms with Crippen LogP contribution >= 0.6 is 0 Å². The molecule has 0 saturated carbocycles. The third-order valence-electron chi connectivity index (χ3n) is 3.84. The first-order valence-electron chi connectivity index (χ1n) is 5.45. The van der Waals surface area contributed by atoms with Crippen LogP contribution in [-0.2, 0) is 0 Å². The largest absolute Gasteiger partial charge is 0.292 e. The summed E-state index contributed by atoms with van der Waals surface area (Å²) in [6.07, 6.45) is 1.11. The molecule has 1 heteroatoms. The zero-order valence-electron chi connectivity index (χ0n) is 9.67. The fourth-order valence-corrected chi connectivity index (χ4v) is 2.19. The smallest absolute Gasteiger partial charge is 0.0227 e. The molecule has 1 aliphatic heterocycles. The molecular weight excluding hydrogens is 158 g/mol. The average Bonchev–Trinajstić information content (AvgIpc) is 2.71. The van der Waals surface area contributed by atoms with Gasteiger partial charge in [0.2, 0.25) is 0 Å². The predicted octanol–water partition coefficient (Wildman–Crippen LogP) is 3.07. The summed E-state index contributed by atoms with van der Waals surface area (Å²) in [4.78, 5) is 2.57. The molecule has 1 fully saturated rings. The maximum Gasteiger partial charge on any atom is 0.0227 e. The second-order valence-corrected chi connectivity index (χ2v) is 4.47. The molecule has 1 heterocycles. The highest BCUT2D eigenvalue weighted by atomic mass is 15.4. The summed E-state index contributed by atoms with van der Waals surface area (Å²) in [6, 6.07) is 2.22. The van der Waals surface area contributed by atoms with E-state index in [-0.39, 0.29) is 0 Å². The van der Waals surface area contributed by atoms with Crippen LogP contribution in [0.1, 0.15) is 41.0 Å². The van der Waals surface area contributed by atoms with E-state index in [0.29, 0.717) is 12.0 Å². The topological polar surface area (TPSA) is 3.01 Å². The van der Waals surface area contributed by atoms with Gasteiger partial charge in [-0.2, -0.15) is 0 Å². The monoisotopic (exact) mass is 181 g/mol. The van der Waals surface area contributed by atoms with Gasteiger partial charge in [-0.25, -0.2) is 0 Å². The van der Waals surface area contributed by atoms with Crippen LogP contribution < -0.4 is 0 Å². The van der Waals surface area contributed by atoms with Crippen LogP contribution in [0.4, 0.5) is 0 Å². The highest BCUT2D eigenvalue weighted by Crippen LogP contribution is 2.34. The van der Waals surface area contributed by atoms with E-state index in [9.17, 15) is 0 Å². The summed E-state index contributed by atoms with van der Waals surface area (Å²) in [6.45, 7) is 15.6. The first-order chi connectivity index (χ1) is 6.00. The number of rotatable bonds is 4. The predicted molar refractivity (Wildman–Crippen MR) is 58.8 cm³/mol. The first kappa shape index (κ1) is 10.8. The number of nitrogens with zero attached hydrogens (tertiary/aromatic N) is 1. The maximum atomic E-state index is 4.13. The Morgan fingerprint density at radius 2 is 1.77 bits per heavy atom. The molecule has 76 valence electrons. The van der Waals surface area contributed by atoms with Crippen molar-refractivity contribution in [3.63, 3.8) is 0 Å². The Bertz CT molecular complexity index is 189. The van der Waals surface area contributed by atoms with Crippen molar-refractivity contribution < 1.29 is 0 Å². The normalized spacial score (nSPS) is 36.8. The van der Waals surface area contributed by atoms with E-state index in [0.717, 1.165) is 18.5 Å². The molecule has 0 amide bonds. The van der Waals surface area contributed by atoms with Gasteiger partial charge in [-0.1, -0.05) is 26.0 Å². The van der Waals surface area contributed by atoms with Crippen molar-refractivity contribution in [2.45, 2.75) is 59.2 Å². The van der Waals surface area contributed by atoms with E-state index in [4.69, 9.17) is 0 Å². The van der Waals surface area contributed by atoms with Crippen LogP contribution in [0.5, 0.6) is 0 Å². The summed E-state index contributed by atoms with van der Waals surface area (Å²) < 4.78 is 0. The van der Waals surface area contributed by atoms with Gasteiger partial charge in [0.25, 0.3) is 0 Å². The van der Waals surface area contributed by atoms with Gasteiger partial charge in [0, 0.05) is 18.1 Å². The summed E-state index contributed by atoms with van der Waals surface area (Å²) in [5.41, 5.74) is 1.39. The molecule has 2 unspecified atom stereocenters. The molecule has 0 aromatic carbocycles. The highest BCUT2D eigenvalue weighted by Gasteiger charge is 2.44. The molecule has 13 heavy (non-hydrogen) atoms. The van der Waals surface area contributed by atoms with Gasteiger partial charge in [0.05, 0.1) is 0 Å². The second kappa shape index (κ2) is 3.83. The highest BCUT2D eigenvalue weighted by molar-refractivity contribution is 5.08. The quantitative estimate of drug-likeness (QED) is 0.476. The van der Waals surface area contributed by atoms with E-state index in [2.05, 4.69) is 46.1 Å².